The van der Waals surface area contributed by atoms with Crippen LogP contribution in [0.3, 0.4) is 0 Å². The molecule has 1 aromatic carbocycles. The highest BCUT2D eigenvalue weighted by molar-refractivity contribution is 5.59. The largest absolute Gasteiger partial charge is 0.394 e. The third-order valence-electron chi connectivity index (χ3n) is 3.66. The van der Waals surface area contributed by atoms with Crippen molar-refractivity contribution in [3.8, 4) is 11.3 Å². The first-order valence-corrected chi connectivity index (χ1v) is 6.26. The van der Waals surface area contributed by atoms with E-state index < -0.39 is 0 Å². The summed E-state index contributed by atoms with van der Waals surface area (Å²) in [4.78, 5) is 0. The molecule has 0 bridgehead atoms. The third-order valence-corrected chi connectivity index (χ3v) is 3.66. The smallest absolute Gasteiger partial charge is 0.123 e. The molecule has 0 saturated heterocycles. The van der Waals surface area contributed by atoms with Crippen molar-refractivity contribution in [1.29, 1.82) is 0 Å². The van der Waals surface area contributed by atoms with Crippen molar-refractivity contribution in [2.45, 2.75) is 25.0 Å². The van der Waals surface area contributed by atoms with Crippen molar-refractivity contribution in [3.05, 3.63) is 41.8 Å². The molecular formula is C14H15FN2O2. The second-order valence-electron chi connectivity index (χ2n) is 4.98. The number of aromatic nitrogens is 2. The van der Waals surface area contributed by atoms with Gasteiger partial charge in [-0.25, -0.2) is 4.39 Å². The first-order chi connectivity index (χ1) is 9.18. The minimum Gasteiger partial charge on any atom is -0.394 e. The molecule has 2 N–H and O–H groups in total. The van der Waals surface area contributed by atoms with Crippen LogP contribution in [-0.2, 0) is 12.1 Å². The fraction of sp³-hybridized carbons (Fsp3) is 0.357. The Kier molecular flexibility index (Phi) is 2.88. The van der Waals surface area contributed by atoms with E-state index in [-0.39, 0.29) is 24.6 Å². The summed E-state index contributed by atoms with van der Waals surface area (Å²) in [6.07, 6.45) is 1.72. The Morgan fingerprint density at radius 2 is 1.89 bits per heavy atom. The number of hydrogen-bond acceptors (Lipinski definition) is 3. The molecule has 1 fully saturated rings. The Labute approximate surface area is 110 Å². The van der Waals surface area contributed by atoms with E-state index in [2.05, 4.69) is 5.10 Å². The van der Waals surface area contributed by atoms with Gasteiger partial charge in [0.05, 0.1) is 30.1 Å². The van der Waals surface area contributed by atoms with Gasteiger partial charge in [-0.3, -0.25) is 4.68 Å². The molecule has 1 aliphatic carbocycles. The number of rotatable bonds is 4. The van der Waals surface area contributed by atoms with Crippen molar-refractivity contribution in [2.75, 3.05) is 6.61 Å². The van der Waals surface area contributed by atoms with E-state index in [1.807, 2.05) is 0 Å². The lowest BCUT2D eigenvalue weighted by Gasteiger charge is -2.15. The molecule has 5 heteroatoms. The van der Waals surface area contributed by atoms with Gasteiger partial charge in [0, 0.05) is 5.56 Å². The number of nitrogens with zero attached hydrogens (tertiary/aromatic N) is 2. The molecule has 1 aliphatic rings. The molecule has 0 spiro atoms. The Morgan fingerprint density at radius 1 is 1.21 bits per heavy atom. The van der Waals surface area contributed by atoms with Crippen LogP contribution in [0.25, 0.3) is 11.3 Å². The second-order valence-corrected chi connectivity index (χ2v) is 4.98. The van der Waals surface area contributed by atoms with E-state index in [1.165, 1.54) is 12.1 Å². The van der Waals surface area contributed by atoms with Gasteiger partial charge in [-0.1, -0.05) is 0 Å². The molecule has 0 unspecified atom stereocenters. The average Bonchev–Trinajstić information content (AvgIpc) is 3.12. The van der Waals surface area contributed by atoms with Crippen LogP contribution in [0.1, 0.15) is 18.5 Å². The molecule has 0 radical (unpaired) electrons. The SMILES string of the molecule is OCc1cc(-c2ccc(F)cc2)nn1C1(CO)CC1. The van der Waals surface area contributed by atoms with Gasteiger partial charge in [-0.05, 0) is 43.2 Å². The summed E-state index contributed by atoms with van der Waals surface area (Å²) in [5.74, 6) is -0.292. The predicted molar refractivity (Wildman–Crippen MR) is 67.8 cm³/mol. The maximum atomic E-state index is 12.9. The van der Waals surface area contributed by atoms with Crippen LogP contribution in [0.15, 0.2) is 30.3 Å². The van der Waals surface area contributed by atoms with Gasteiger partial charge in [0.25, 0.3) is 0 Å². The lowest BCUT2D eigenvalue weighted by atomic mass is 10.1. The summed E-state index contributed by atoms with van der Waals surface area (Å²) in [5, 5.41) is 23.3. The fourth-order valence-corrected chi connectivity index (χ4v) is 2.29. The maximum Gasteiger partial charge on any atom is 0.123 e. The lowest BCUT2D eigenvalue weighted by Crippen LogP contribution is -2.24. The van der Waals surface area contributed by atoms with E-state index in [9.17, 15) is 14.6 Å². The van der Waals surface area contributed by atoms with Crippen molar-refractivity contribution in [1.82, 2.24) is 9.78 Å². The summed E-state index contributed by atoms with van der Waals surface area (Å²) in [5.41, 5.74) is 1.80. The Balaban J connectivity index is 2.02. The number of halogens is 1. The van der Waals surface area contributed by atoms with Crippen molar-refractivity contribution >= 4 is 0 Å². The monoisotopic (exact) mass is 262 g/mol. The van der Waals surface area contributed by atoms with Crippen LogP contribution < -0.4 is 0 Å². The molecule has 100 valence electrons. The molecule has 3 rings (SSSR count). The first kappa shape index (κ1) is 12.3. The van der Waals surface area contributed by atoms with E-state index in [0.29, 0.717) is 11.4 Å². The van der Waals surface area contributed by atoms with E-state index in [1.54, 1.807) is 22.9 Å². The zero-order valence-electron chi connectivity index (χ0n) is 10.4. The summed E-state index contributed by atoms with van der Waals surface area (Å²) < 4.78 is 14.6. The van der Waals surface area contributed by atoms with Crippen molar-refractivity contribution < 1.29 is 14.6 Å². The van der Waals surface area contributed by atoms with Gasteiger partial charge in [0.1, 0.15) is 5.82 Å². The molecule has 1 aromatic heterocycles. The zero-order valence-corrected chi connectivity index (χ0v) is 10.4. The predicted octanol–water partition coefficient (Wildman–Crippen LogP) is 1.66. The van der Waals surface area contributed by atoms with Gasteiger partial charge in [-0.2, -0.15) is 5.10 Å². The molecule has 0 atom stereocenters. The normalized spacial score (nSPS) is 16.6. The topological polar surface area (TPSA) is 58.3 Å². The van der Waals surface area contributed by atoms with Gasteiger partial charge in [-0.15, -0.1) is 0 Å². The fourth-order valence-electron chi connectivity index (χ4n) is 2.29. The standard InChI is InChI=1S/C14H15FN2O2/c15-11-3-1-10(2-4-11)13-7-12(8-18)17(16-13)14(9-19)5-6-14/h1-4,7,18-19H,5-6,8-9H2. The maximum absolute atomic E-state index is 12.9. The summed E-state index contributed by atoms with van der Waals surface area (Å²) in [7, 11) is 0. The summed E-state index contributed by atoms with van der Waals surface area (Å²) in [6, 6.07) is 7.85. The number of benzene rings is 1. The minimum atomic E-state index is -0.351. The molecule has 4 nitrogen and oxygen atoms in total. The van der Waals surface area contributed by atoms with Crippen LogP contribution in [0, 0.1) is 5.82 Å². The average molecular weight is 262 g/mol. The van der Waals surface area contributed by atoms with Crippen molar-refractivity contribution in [3.63, 3.8) is 0 Å². The molecule has 0 amide bonds. The van der Waals surface area contributed by atoms with Gasteiger partial charge in [0.2, 0.25) is 0 Å². The molecule has 0 aliphatic heterocycles. The Bertz CT molecular complexity index is 588. The third kappa shape index (κ3) is 2.05. The first-order valence-electron chi connectivity index (χ1n) is 6.26. The van der Waals surface area contributed by atoms with Crippen LogP contribution in [0.4, 0.5) is 4.39 Å². The molecule has 19 heavy (non-hydrogen) atoms. The van der Waals surface area contributed by atoms with Crippen LogP contribution in [-0.4, -0.2) is 26.6 Å². The van der Waals surface area contributed by atoms with Crippen molar-refractivity contribution in [2.24, 2.45) is 0 Å². The van der Waals surface area contributed by atoms with Crippen LogP contribution >= 0.6 is 0 Å². The van der Waals surface area contributed by atoms with E-state index in [0.717, 1.165) is 18.4 Å². The number of hydrogen-bond donors (Lipinski definition) is 2. The molecule has 2 aromatic rings. The highest BCUT2D eigenvalue weighted by Crippen LogP contribution is 2.44. The minimum absolute atomic E-state index is 0.0184. The quantitative estimate of drug-likeness (QED) is 0.881. The van der Waals surface area contributed by atoms with Gasteiger partial charge in [0.15, 0.2) is 0 Å². The Hall–Kier alpha value is -1.72. The van der Waals surface area contributed by atoms with Gasteiger partial charge >= 0.3 is 0 Å². The second kappa shape index (κ2) is 4.43. The summed E-state index contributed by atoms with van der Waals surface area (Å²) in [6.45, 7) is -0.111. The van der Waals surface area contributed by atoms with Gasteiger partial charge < -0.3 is 10.2 Å². The zero-order chi connectivity index (χ0) is 13.5. The van der Waals surface area contributed by atoms with Crippen LogP contribution in [0.2, 0.25) is 0 Å². The number of aliphatic hydroxyl groups excluding tert-OH is 2. The highest BCUT2D eigenvalue weighted by atomic mass is 19.1. The number of aliphatic hydroxyl groups is 2. The highest BCUT2D eigenvalue weighted by Gasteiger charge is 2.46. The summed E-state index contributed by atoms with van der Waals surface area (Å²) >= 11 is 0. The van der Waals surface area contributed by atoms with Crippen LogP contribution in [0.5, 0.6) is 0 Å². The molecular weight excluding hydrogens is 247 g/mol. The molecule has 1 heterocycles. The Morgan fingerprint density at radius 3 is 2.42 bits per heavy atom. The van der Waals surface area contributed by atoms with E-state index >= 15 is 0 Å². The van der Waals surface area contributed by atoms with E-state index in [4.69, 9.17) is 0 Å². The lowest BCUT2D eigenvalue weighted by molar-refractivity contribution is 0.188. The molecule has 1 saturated carbocycles.